The second-order valence-electron chi connectivity index (χ2n) is 6.29. The first-order chi connectivity index (χ1) is 13.7. The van der Waals surface area contributed by atoms with E-state index in [2.05, 4.69) is 16.3 Å². The Morgan fingerprint density at radius 2 is 1.46 bits per heavy atom. The smallest absolute Gasteiger partial charge is 0.257 e. The van der Waals surface area contributed by atoms with Gasteiger partial charge in [0.15, 0.2) is 6.10 Å². The fraction of sp³-hybridized carbons (Fsp3) is 0.0870. The van der Waals surface area contributed by atoms with Gasteiger partial charge in [0.2, 0.25) is 5.89 Å². The van der Waals surface area contributed by atoms with Crippen molar-refractivity contribution in [2.75, 3.05) is 0 Å². The zero-order chi connectivity index (χ0) is 19.3. The van der Waals surface area contributed by atoms with Crippen LogP contribution in [0.4, 0.5) is 0 Å². The summed E-state index contributed by atoms with van der Waals surface area (Å²) in [7, 11) is 0. The molecule has 0 spiro atoms. The fourth-order valence-electron chi connectivity index (χ4n) is 2.81. The summed E-state index contributed by atoms with van der Waals surface area (Å²) in [5.41, 5.74) is 3.61. The third kappa shape index (κ3) is 3.76. The molecule has 3 aromatic carbocycles. The molecular formula is C23H17N3O2. The normalized spacial score (nSPS) is 11.6. The molecule has 0 amide bonds. The van der Waals surface area contributed by atoms with Crippen molar-refractivity contribution in [2.45, 2.75) is 13.0 Å². The van der Waals surface area contributed by atoms with Crippen molar-refractivity contribution in [3.63, 3.8) is 0 Å². The minimum atomic E-state index is -0.370. The summed E-state index contributed by atoms with van der Waals surface area (Å²) in [5.74, 6) is 1.61. The monoisotopic (exact) mass is 367 g/mol. The van der Waals surface area contributed by atoms with E-state index >= 15 is 0 Å². The van der Waals surface area contributed by atoms with Gasteiger partial charge in [0.1, 0.15) is 5.75 Å². The maximum absolute atomic E-state index is 8.90. The maximum Gasteiger partial charge on any atom is 0.257 e. The van der Waals surface area contributed by atoms with Gasteiger partial charge < -0.3 is 9.15 Å². The van der Waals surface area contributed by atoms with Crippen LogP contribution in [0.1, 0.15) is 24.5 Å². The molecule has 0 fully saturated rings. The van der Waals surface area contributed by atoms with E-state index < -0.39 is 0 Å². The molecule has 136 valence electrons. The SMILES string of the molecule is C[C@@H](Oc1ccc(-c2ccc(C#N)cc2)cc1)c1nnc(-c2ccccc2)o1. The molecule has 0 aliphatic rings. The summed E-state index contributed by atoms with van der Waals surface area (Å²) >= 11 is 0. The molecule has 0 saturated heterocycles. The van der Waals surface area contributed by atoms with Crippen LogP contribution in [0, 0.1) is 11.3 Å². The minimum Gasteiger partial charge on any atom is -0.481 e. The van der Waals surface area contributed by atoms with Crippen LogP contribution < -0.4 is 4.74 Å². The van der Waals surface area contributed by atoms with Crippen molar-refractivity contribution < 1.29 is 9.15 Å². The van der Waals surface area contributed by atoms with Crippen molar-refractivity contribution in [1.82, 2.24) is 10.2 Å². The lowest BCUT2D eigenvalue weighted by molar-refractivity contribution is 0.189. The fourth-order valence-corrected chi connectivity index (χ4v) is 2.81. The number of aromatic nitrogens is 2. The quantitative estimate of drug-likeness (QED) is 0.471. The topological polar surface area (TPSA) is 71.9 Å². The summed E-state index contributed by atoms with van der Waals surface area (Å²) in [4.78, 5) is 0. The molecule has 1 atom stereocenters. The Bertz CT molecular complexity index is 1100. The maximum atomic E-state index is 8.90. The lowest BCUT2D eigenvalue weighted by atomic mass is 10.0. The van der Waals surface area contributed by atoms with Crippen molar-refractivity contribution in [3.8, 4) is 34.4 Å². The van der Waals surface area contributed by atoms with Crippen molar-refractivity contribution >= 4 is 0 Å². The Labute approximate surface area is 162 Å². The molecule has 28 heavy (non-hydrogen) atoms. The van der Waals surface area contributed by atoms with E-state index in [1.165, 1.54) is 0 Å². The molecule has 1 heterocycles. The van der Waals surface area contributed by atoms with E-state index in [4.69, 9.17) is 14.4 Å². The highest BCUT2D eigenvalue weighted by Gasteiger charge is 2.16. The lowest BCUT2D eigenvalue weighted by Gasteiger charge is -2.11. The van der Waals surface area contributed by atoms with E-state index in [0.29, 0.717) is 23.1 Å². The number of benzene rings is 3. The van der Waals surface area contributed by atoms with Crippen molar-refractivity contribution in [3.05, 3.63) is 90.3 Å². The zero-order valence-corrected chi connectivity index (χ0v) is 15.2. The Balaban J connectivity index is 1.45. The molecule has 0 radical (unpaired) electrons. The van der Waals surface area contributed by atoms with Crippen LogP contribution in [0.2, 0.25) is 0 Å². The average molecular weight is 367 g/mol. The molecule has 4 rings (SSSR count). The molecule has 4 aromatic rings. The molecule has 0 unspecified atom stereocenters. The summed E-state index contributed by atoms with van der Waals surface area (Å²) < 4.78 is 11.7. The van der Waals surface area contributed by atoms with Crippen molar-refractivity contribution in [2.24, 2.45) is 0 Å². The summed E-state index contributed by atoms with van der Waals surface area (Å²) in [6.45, 7) is 1.87. The van der Waals surface area contributed by atoms with Gasteiger partial charge in [0.25, 0.3) is 5.89 Å². The van der Waals surface area contributed by atoms with Crippen LogP contribution in [0.25, 0.3) is 22.6 Å². The number of hydrogen-bond acceptors (Lipinski definition) is 5. The zero-order valence-electron chi connectivity index (χ0n) is 15.2. The van der Waals surface area contributed by atoms with E-state index in [1.54, 1.807) is 0 Å². The predicted octanol–water partition coefficient (Wildman–Crippen LogP) is 5.42. The molecule has 5 nitrogen and oxygen atoms in total. The van der Waals surface area contributed by atoms with Crippen LogP contribution in [0.15, 0.2) is 83.3 Å². The second kappa shape index (κ2) is 7.77. The van der Waals surface area contributed by atoms with Gasteiger partial charge in [-0.25, -0.2) is 0 Å². The molecule has 0 bridgehead atoms. The van der Waals surface area contributed by atoms with Gasteiger partial charge in [-0.1, -0.05) is 42.5 Å². The van der Waals surface area contributed by atoms with Gasteiger partial charge in [-0.2, -0.15) is 5.26 Å². The number of rotatable bonds is 5. The summed E-state index contributed by atoms with van der Waals surface area (Å²) in [6.07, 6.45) is -0.370. The molecular weight excluding hydrogens is 350 g/mol. The first kappa shape index (κ1) is 17.5. The standard InChI is InChI=1S/C23H17N3O2/c1-16(22-25-26-23(28-22)20-5-3-2-4-6-20)27-21-13-11-19(12-14-21)18-9-7-17(15-24)8-10-18/h2-14,16H,1H3/t16-/m1/s1. The molecule has 0 aliphatic carbocycles. The predicted molar refractivity (Wildman–Crippen MR) is 105 cm³/mol. The number of hydrogen-bond donors (Lipinski definition) is 0. The lowest BCUT2D eigenvalue weighted by Crippen LogP contribution is -2.03. The highest BCUT2D eigenvalue weighted by molar-refractivity contribution is 5.65. The van der Waals surface area contributed by atoms with Crippen LogP contribution in [0.3, 0.4) is 0 Å². The van der Waals surface area contributed by atoms with Gasteiger partial charge in [-0.3, -0.25) is 0 Å². The first-order valence-corrected chi connectivity index (χ1v) is 8.89. The second-order valence-corrected chi connectivity index (χ2v) is 6.29. The number of nitriles is 1. The largest absolute Gasteiger partial charge is 0.481 e. The van der Waals surface area contributed by atoms with Gasteiger partial charge >= 0.3 is 0 Å². The number of ether oxygens (including phenoxy) is 1. The Morgan fingerprint density at radius 3 is 2.11 bits per heavy atom. The van der Waals surface area contributed by atoms with Gasteiger partial charge in [0.05, 0.1) is 11.6 Å². The van der Waals surface area contributed by atoms with Crippen LogP contribution in [0.5, 0.6) is 5.75 Å². The average Bonchev–Trinajstić information content (AvgIpc) is 3.26. The highest BCUT2D eigenvalue weighted by Crippen LogP contribution is 2.27. The number of nitrogens with zero attached hydrogens (tertiary/aromatic N) is 3. The van der Waals surface area contributed by atoms with E-state index in [0.717, 1.165) is 16.7 Å². The highest BCUT2D eigenvalue weighted by atomic mass is 16.5. The summed E-state index contributed by atoms with van der Waals surface area (Å²) in [6, 6.07) is 27.0. The van der Waals surface area contributed by atoms with Gasteiger partial charge in [0, 0.05) is 5.56 Å². The molecule has 1 aromatic heterocycles. The van der Waals surface area contributed by atoms with Gasteiger partial charge in [-0.15, -0.1) is 10.2 Å². The Morgan fingerprint density at radius 1 is 0.821 bits per heavy atom. The third-order valence-electron chi connectivity index (χ3n) is 4.32. The summed E-state index contributed by atoms with van der Waals surface area (Å²) in [5, 5.41) is 17.1. The molecule has 0 N–H and O–H groups in total. The van der Waals surface area contributed by atoms with Crippen molar-refractivity contribution in [1.29, 1.82) is 5.26 Å². The van der Waals surface area contributed by atoms with Crippen LogP contribution in [-0.4, -0.2) is 10.2 Å². The van der Waals surface area contributed by atoms with E-state index in [9.17, 15) is 0 Å². The molecule has 0 saturated carbocycles. The third-order valence-corrected chi connectivity index (χ3v) is 4.32. The van der Waals surface area contributed by atoms with Crippen LogP contribution >= 0.6 is 0 Å². The molecule has 0 aliphatic heterocycles. The Kier molecular flexibility index (Phi) is 4.85. The van der Waals surface area contributed by atoms with Gasteiger partial charge in [-0.05, 0) is 54.4 Å². The Hall–Kier alpha value is -3.91. The molecule has 5 heteroatoms. The van der Waals surface area contributed by atoms with Crippen LogP contribution in [-0.2, 0) is 0 Å². The van der Waals surface area contributed by atoms with E-state index in [-0.39, 0.29) is 6.10 Å². The minimum absolute atomic E-state index is 0.370. The first-order valence-electron chi connectivity index (χ1n) is 8.89. The van der Waals surface area contributed by atoms with E-state index in [1.807, 2.05) is 85.8 Å².